The Balaban J connectivity index is 1.44. The second-order valence-corrected chi connectivity index (χ2v) is 11.1. The molecule has 1 aliphatic carbocycles. The highest BCUT2D eigenvalue weighted by Crippen LogP contribution is 2.48. The van der Waals surface area contributed by atoms with Gasteiger partial charge in [-0.15, -0.1) is 0 Å². The van der Waals surface area contributed by atoms with Gasteiger partial charge in [0.1, 0.15) is 24.1 Å². The van der Waals surface area contributed by atoms with Gasteiger partial charge in [-0.2, -0.15) is 0 Å². The minimum Gasteiger partial charge on any atom is -0.487 e. The van der Waals surface area contributed by atoms with E-state index in [1.807, 2.05) is 0 Å². The SMILES string of the molecule is Cn1c(Nc2c(Cl)ccc(CNC(=O)C3CC3(F)F)c2Cl)nc2cc(C(=O)Nc3ccc(F)c(Cl)c3)c(OCC(F)F)cc21. The standard InChI is InChI=1S/C28H21Cl3F5N5O3/c1-41-20-8-21(44-11-22(33)34)14(25(42)38-13-3-5-18(32)17(30)6-13)7-19(20)39-27(41)40-24-16(29)4-2-12(23(24)31)10-37-26(43)15-9-28(15,35)36/h2-8,15,22H,9-11H2,1H3,(H,37,43)(H,38,42)(H,39,40). The Morgan fingerprint density at radius 2 is 1.84 bits per heavy atom. The fourth-order valence-corrected chi connectivity index (χ4v) is 5.03. The molecule has 5 rings (SSSR count). The minimum absolute atomic E-state index is 0.0893. The number of nitrogens with zero attached hydrogens (tertiary/aromatic N) is 2. The molecule has 0 aliphatic heterocycles. The first-order valence-electron chi connectivity index (χ1n) is 12.8. The monoisotopic (exact) mass is 675 g/mol. The van der Waals surface area contributed by atoms with Crippen LogP contribution in [0.5, 0.6) is 5.75 Å². The molecule has 1 atom stereocenters. The number of carbonyl (C=O) groups is 2. The van der Waals surface area contributed by atoms with E-state index in [1.165, 1.54) is 41.0 Å². The van der Waals surface area contributed by atoms with E-state index in [2.05, 4.69) is 20.9 Å². The lowest BCUT2D eigenvalue weighted by molar-refractivity contribution is -0.124. The molecule has 3 aromatic carbocycles. The number of anilines is 3. The summed E-state index contributed by atoms with van der Waals surface area (Å²) in [5.41, 5.74) is 1.21. The lowest BCUT2D eigenvalue weighted by atomic mass is 10.1. The number of halogens is 8. The Labute approximate surface area is 261 Å². The smallest absolute Gasteiger partial charge is 0.272 e. The summed E-state index contributed by atoms with van der Waals surface area (Å²) in [7, 11) is 1.59. The number of nitrogens with one attached hydrogen (secondary N) is 3. The maximum absolute atomic E-state index is 13.6. The molecule has 44 heavy (non-hydrogen) atoms. The van der Waals surface area contributed by atoms with E-state index in [9.17, 15) is 31.5 Å². The van der Waals surface area contributed by atoms with Gasteiger partial charge in [0.25, 0.3) is 18.3 Å². The number of benzene rings is 3. The summed E-state index contributed by atoms with van der Waals surface area (Å²) in [6, 6.07) is 9.21. The molecule has 16 heteroatoms. The van der Waals surface area contributed by atoms with E-state index in [1.54, 1.807) is 7.05 Å². The van der Waals surface area contributed by atoms with Crippen LogP contribution >= 0.6 is 34.8 Å². The number of hydrogen-bond donors (Lipinski definition) is 3. The summed E-state index contributed by atoms with van der Waals surface area (Å²) in [6.45, 7) is -1.13. The Kier molecular flexibility index (Phi) is 8.83. The van der Waals surface area contributed by atoms with E-state index < -0.39 is 48.9 Å². The Bertz CT molecular complexity index is 1790. The number of ether oxygens (including phenoxy) is 1. The van der Waals surface area contributed by atoms with Crippen LogP contribution in [-0.4, -0.2) is 40.3 Å². The Hall–Kier alpha value is -3.81. The Morgan fingerprint density at radius 1 is 1.11 bits per heavy atom. The average Bonchev–Trinajstić information content (AvgIpc) is 3.51. The summed E-state index contributed by atoms with van der Waals surface area (Å²) in [4.78, 5) is 29.6. The van der Waals surface area contributed by atoms with Crippen LogP contribution in [0.15, 0.2) is 42.5 Å². The number of imidazole rings is 1. The van der Waals surface area contributed by atoms with Gasteiger partial charge < -0.3 is 25.3 Å². The molecule has 1 fully saturated rings. The number of aryl methyl sites for hydroxylation is 1. The zero-order chi connectivity index (χ0) is 31.9. The maximum Gasteiger partial charge on any atom is 0.272 e. The number of rotatable bonds is 10. The molecular weight excluding hydrogens is 656 g/mol. The van der Waals surface area contributed by atoms with Crippen LogP contribution in [0.3, 0.4) is 0 Å². The normalized spacial score (nSPS) is 15.4. The molecule has 0 spiro atoms. The second kappa shape index (κ2) is 12.3. The highest BCUT2D eigenvalue weighted by molar-refractivity contribution is 6.39. The van der Waals surface area contributed by atoms with Gasteiger partial charge in [0.05, 0.1) is 37.4 Å². The van der Waals surface area contributed by atoms with Gasteiger partial charge in [0, 0.05) is 31.8 Å². The molecule has 1 aromatic heterocycles. The number of hydrogen-bond acceptors (Lipinski definition) is 5. The van der Waals surface area contributed by atoms with Crippen molar-refractivity contribution >= 4 is 75.0 Å². The highest BCUT2D eigenvalue weighted by atomic mass is 35.5. The quantitative estimate of drug-likeness (QED) is 0.151. The lowest BCUT2D eigenvalue weighted by Crippen LogP contribution is -2.26. The van der Waals surface area contributed by atoms with Crippen molar-refractivity contribution in [1.29, 1.82) is 0 Å². The molecule has 0 saturated heterocycles. The van der Waals surface area contributed by atoms with Crippen LogP contribution in [0.1, 0.15) is 22.3 Å². The zero-order valence-electron chi connectivity index (χ0n) is 22.5. The van der Waals surface area contributed by atoms with Crippen molar-refractivity contribution in [3.63, 3.8) is 0 Å². The van der Waals surface area contributed by atoms with Gasteiger partial charge in [-0.05, 0) is 35.9 Å². The molecule has 0 bridgehead atoms. The van der Waals surface area contributed by atoms with Crippen molar-refractivity contribution in [2.75, 3.05) is 17.2 Å². The maximum atomic E-state index is 13.6. The van der Waals surface area contributed by atoms with Crippen LogP contribution in [0.2, 0.25) is 15.1 Å². The molecule has 2 amide bonds. The van der Waals surface area contributed by atoms with Crippen molar-refractivity contribution in [3.8, 4) is 5.75 Å². The second-order valence-electron chi connectivity index (χ2n) is 9.87. The van der Waals surface area contributed by atoms with E-state index in [4.69, 9.17) is 39.5 Å². The number of fused-ring (bicyclic) bond motifs is 1. The van der Waals surface area contributed by atoms with E-state index in [-0.39, 0.29) is 55.8 Å². The summed E-state index contributed by atoms with van der Waals surface area (Å²) in [5, 5.41) is 7.98. The predicted octanol–water partition coefficient (Wildman–Crippen LogP) is 7.58. The molecule has 1 heterocycles. The molecule has 0 radical (unpaired) electrons. The van der Waals surface area contributed by atoms with Crippen molar-refractivity contribution in [2.45, 2.75) is 25.3 Å². The number of amides is 2. The van der Waals surface area contributed by atoms with E-state index >= 15 is 0 Å². The molecule has 1 unspecified atom stereocenters. The van der Waals surface area contributed by atoms with E-state index in [0.29, 0.717) is 11.1 Å². The average molecular weight is 677 g/mol. The molecule has 4 aromatic rings. The van der Waals surface area contributed by atoms with E-state index in [0.717, 1.165) is 6.07 Å². The highest BCUT2D eigenvalue weighted by Gasteiger charge is 2.61. The number of alkyl halides is 4. The minimum atomic E-state index is -3.01. The molecule has 1 aliphatic rings. The largest absolute Gasteiger partial charge is 0.487 e. The van der Waals surface area contributed by atoms with Crippen LogP contribution in [0.4, 0.5) is 39.3 Å². The summed E-state index contributed by atoms with van der Waals surface area (Å²) in [5.74, 6) is -6.64. The third kappa shape index (κ3) is 6.64. The van der Waals surface area contributed by atoms with Crippen molar-refractivity contribution in [1.82, 2.24) is 14.9 Å². The van der Waals surface area contributed by atoms with Crippen LogP contribution in [0.25, 0.3) is 11.0 Å². The van der Waals surface area contributed by atoms with Gasteiger partial charge in [-0.25, -0.2) is 26.9 Å². The third-order valence-corrected chi connectivity index (χ3v) is 7.81. The zero-order valence-corrected chi connectivity index (χ0v) is 24.7. The summed E-state index contributed by atoms with van der Waals surface area (Å²) < 4.78 is 72.8. The van der Waals surface area contributed by atoms with Gasteiger partial charge >= 0.3 is 0 Å². The molecule has 232 valence electrons. The summed E-state index contributed by atoms with van der Waals surface area (Å²) >= 11 is 18.7. The van der Waals surface area contributed by atoms with Gasteiger partial charge in [0.15, 0.2) is 0 Å². The molecule has 1 saturated carbocycles. The van der Waals surface area contributed by atoms with Crippen LogP contribution in [-0.2, 0) is 18.4 Å². The topological polar surface area (TPSA) is 97.3 Å². The fourth-order valence-electron chi connectivity index (χ4n) is 4.31. The van der Waals surface area contributed by atoms with Gasteiger partial charge in [-0.3, -0.25) is 9.59 Å². The number of carbonyl (C=O) groups excluding carboxylic acids is 2. The van der Waals surface area contributed by atoms with Crippen molar-refractivity contribution in [2.24, 2.45) is 13.0 Å². The number of aromatic nitrogens is 2. The van der Waals surface area contributed by atoms with Crippen LogP contribution < -0.4 is 20.7 Å². The fraction of sp³-hybridized carbons (Fsp3) is 0.250. The first kappa shape index (κ1) is 31.6. The molecule has 8 nitrogen and oxygen atoms in total. The van der Waals surface area contributed by atoms with Gasteiger partial charge in [-0.1, -0.05) is 40.9 Å². The third-order valence-electron chi connectivity index (χ3n) is 6.77. The summed E-state index contributed by atoms with van der Waals surface area (Å²) in [6.07, 6.45) is -3.34. The Morgan fingerprint density at radius 3 is 2.50 bits per heavy atom. The first-order valence-corrected chi connectivity index (χ1v) is 14.0. The van der Waals surface area contributed by atoms with Crippen molar-refractivity contribution < 1.29 is 36.3 Å². The van der Waals surface area contributed by atoms with Gasteiger partial charge in [0.2, 0.25) is 11.9 Å². The molecule has 3 N–H and O–H groups in total. The predicted molar refractivity (Wildman–Crippen MR) is 156 cm³/mol. The lowest BCUT2D eigenvalue weighted by Gasteiger charge is -2.14. The van der Waals surface area contributed by atoms with Crippen molar-refractivity contribution in [3.05, 3.63) is 74.5 Å². The first-order chi connectivity index (χ1) is 20.7. The van der Waals surface area contributed by atoms with Crippen LogP contribution in [0, 0.1) is 11.7 Å². The molecular formula is C28H21Cl3F5N5O3.